The summed E-state index contributed by atoms with van der Waals surface area (Å²) in [6.45, 7) is -0.127. The van der Waals surface area contributed by atoms with Crippen molar-refractivity contribution in [1.29, 1.82) is 0 Å². The first-order chi connectivity index (χ1) is 17.0. The monoisotopic (exact) mass is 468 g/mol. The number of methoxy groups -OCH3 is 2. The summed E-state index contributed by atoms with van der Waals surface area (Å²) in [5, 5.41) is 11.9. The van der Waals surface area contributed by atoms with Crippen LogP contribution in [0.1, 0.15) is 48.9 Å². The van der Waals surface area contributed by atoms with E-state index in [4.69, 9.17) is 9.47 Å². The van der Waals surface area contributed by atoms with E-state index in [1.54, 1.807) is 12.1 Å². The Morgan fingerprint density at radius 3 is 1.77 bits per heavy atom. The highest BCUT2D eigenvalue weighted by atomic mass is 16.5. The van der Waals surface area contributed by atoms with Gasteiger partial charge >= 0.3 is 11.9 Å². The molecule has 7 nitrogen and oxygen atoms in total. The summed E-state index contributed by atoms with van der Waals surface area (Å²) in [6.07, 6.45) is 3.85. The number of H-pyrrole nitrogens is 2. The van der Waals surface area contributed by atoms with Crippen LogP contribution in [-0.4, -0.2) is 41.2 Å². The smallest absolute Gasteiger partial charge is 0.337 e. The summed E-state index contributed by atoms with van der Waals surface area (Å²) in [5.41, 5.74) is 6.19. The second kappa shape index (κ2) is 9.12. The third-order valence-electron chi connectivity index (χ3n) is 6.43. The number of carbonyl (C=O) groups excluding carboxylic acids is 2. The van der Waals surface area contributed by atoms with Crippen molar-refractivity contribution < 1.29 is 24.2 Å². The molecule has 0 spiro atoms. The van der Waals surface area contributed by atoms with E-state index in [9.17, 15) is 14.7 Å². The van der Waals surface area contributed by atoms with E-state index >= 15 is 0 Å². The van der Waals surface area contributed by atoms with Crippen LogP contribution in [0.15, 0.2) is 73.1 Å². The fourth-order valence-electron chi connectivity index (χ4n) is 4.71. The fourth-order valence-corrected chi connectivity index (χ4v) is 4.71. The van der Waals surface area contributed by atoms with Crippen molar-refractivity contribution in [2.75, 3.05) is 14.2 Å². The Kier molecular flexibility index (Phi) is 5.84. The number of aliphatic hydroxyl groups excluding tert-OH is 1. The first kappa shape index (κ1) is 22.4. The van der Waals surface area contributed by atoms with Gasteiger partial charge in [-0.05, 0) is 58.7 Å². The summed E-state index contributed by atoms with van der Waals surface area (Å²) in [7, 11) is 2.71. The number of aliphatic hydroxyl groups is 1. The van der Waals surface area contributed by atoms with Crippen LogP contribution in [0.2, 0.25) is 0 Å². The van der Waals surface area contributed by atoms with Gasteiger partial charge < -0.3 is 24.5 Å². The lowest BCUT2D eigenvalue weighted by molar-refractivity contribution is 0.0592. The number of nitrogens with one attached hydrogen (secondary N) is 2. The molecule has 176 valence electrons. The fraction of sp³-hybridized carbons (Fsp3) is 0.143. The lowest BCUT2D eigenvalue weighted by Crippen LogP contribution is -2.07. The molecule has 2 aromatic heterocycles. The van der Waals surface area contributed by atoms with E-state index in [1.807, 2.05) is 60.9 Å². The molecular weight excluding hydrogens is 444 g/mol. The Bertz CT molecular complexity index is 1470. The summed E-state index contributed by atoms with van der Waals surface area (Å²) in [4.78, 5) is 31.1. The van der Waals surface area contributed by atoms with E-state index in [0.717, 1.165) is 44.1 Å². The Morgan fingerprint density at radius 1 is 0.771 bits per heavy atom. The predicted molar refractivity (Wildman–Crippen MR) is 133 cm³/mol. The number of aromatic amines is 2. The van der Waals surface area contributed by atoms with Gasteiger partial charge in [0.05, 0.1) is 32.0 Å². The zero-order valence-corrected chi connectivity index (χ0v) is 19.3. The van der Waals surface area contributed by atoms with Crippen molar-refractivity contribution in [2.24, 2.45) is 0 Å². The second-order valence-corrected chi connectivity index (χ2v) is 8.28. The topological polar surface area (TPSA) is 104 Å². The quantitative estimate of drug-likeness (QED) is 0.308. The molecule has 0 aliphatic heterocycles. The lowest BCUT2D eigenvalue weighted by Gasteiger charge is -2.20. The van der Waals surface area contributed by atoms with Crippen LogP contribution < -0.4 is 0 Å². The molecule has 0 saturated carbocycles. The molecule has 3 N–H and O–H groups in total. The minimum absolute atomic E-state index is 0.127. The van der Waals surface area contributed by atoms with Gasteiger partial charge in [0.25, 0.3) is 0 Å². The van der Waals surface area contributed by atoms with Crippen molar-refractivity contribution in [3.8, 4) is 0 Å². The molecule has 5 aromatic rings. The van der Waals surface area contributed by atoms with Crippen LogP contribution in [0.5, 0.6) is 0 Å². The summed E-state index contributed by atoms with van der Waals surface area (Å²) >= 11 is 0. The van der Waals surface area contributed by atoms with Crippen molar-refractivity contribution >= 4 is 33.7 Å². The third kappa shape index (κ3) is 3.86. The highest BCUT2D eigenvalue weighted by Gasteiger charge is 2.26. The zero-order chi connectivity index (χ0) is 24.5. The van der Waals surface area contributed by atoms with Crippen LogP contribution in [0.3, 0.4) is 0 Å². The molecule has 7 heteroatoms. The maximum atomic E-state index is 12.2. The van der Waals surface area contributed by atoms with E-state index in [0.29, 0.717) is 11.1 Å². The normalized spacial score (nSPS) is 11.3. The zero-order valence-electron chi connectivity index (χ0n) is 19.3. The van der Waals surface area contributed by atoms with E-state index < -0.39 is 11.9 Å². The minimum atomic E-state index is -0.416. The van der Waals surface area contributed by atoms with Crippen LogP contribution in [0.4, 0.5) is 0 Å². The number of benzene rings is 3. The Labute approximate surface area is 201 Å². The van der Waals surface area contributed by atoms with E-state index in [-0.39, 0.29) is 12.5 Å². The molecule has 0 unspecified atom stereocenters. The minimum Gasteiger partial charge on any atom is -0.465 e. The summed E-state index contributed by atoms with van der Waals surface area (Å²) < 4.78 is 9.86. The molecule has 0 bridgehead atoms. The van der Waals surface area contributed by atoms with Crippen LogP contribution in [0.25, 0.3) is 21.8 Å². The molecule has 3 aromatic carbocycles. The Balaban J connectivity index is 1.80. The molecule has 0 aliphatic carbocycles. The SMILES string of the molecule is COC(=O)c1ccc2[nH]cc(C(c3ccccc3CO)c3c[nH]c4ccc(C(=O)OC)cc34)c2c1. The van der Waals surface area contributed by atoms with E-state index in [2.05, 4.69) is 9.97 Å². The van der Waals surface area contributed by atoms with Crippen LogP contribution in [-0.2, 0) is 16.1 Å². The number of hydrogen-bond acceptors (Lipinski definition) is 5. The molecule has 0 radical (unpaired) electrons. The Hall–Kier alpha value is -4.36. The van der Waals surface area contributed by atoms with Crippen molar-refractivity contribution in [2.45, 2.75) is 12.5 Å². The Morgan fingerprint density at radius 2 is 1.29 bits per heavy atom. The molecular formula is C28H24N2O5. The number of rotatable bonds is 6. The lowest BCUT2D eigenvalue weighted by atomic mass is 9.82. The molecule has 0 saturated heterocycles. The predicted octanol–water partition coefficient (Wildman–Crippen LogP) is 4.89. The van der Waals surface area contributed by atoms with Crippen LogP contribution >= 0.6 is 0 Å². The van der Waals surface area contributed by atoms with Gasteiger partial charge in [0, 0.05) is 40.1 Å². The highest BCUT2D eigenvalue weighted by molar-refractivity contribution is 5.98. The van der Waals surface area contributed by atoms with Gasteiger partial charge in [-0.2, -0.15) is 0 Å². The summed E-state index contributed by atoms with van der Waals surface area (Å²) in [5.74, 6) is -1.14. The van der Waals surface area contributed by atoms with Crippen molar-refractivity contribution in [1.82, 2.24) is 9.97 Å². The van der Waals surface area contributed by atoms with E-state index in [1.165, 1.54) is 14.2 Å². The first-order valence-corrected chi connectivity index (χ1v) is 11.1. The summed E-state index contributed by atoms with van der Waals surface area (Å²) in [6, 6.07) is 18.5. The largest absolute Gasteiger partial charge is 0.465 e. The maximum Gasteiger partial charge on any atom is 0.337 e. The van der Waals surface area contributed by atoms with Gasteiger partial charge in [0.2, 0.25) is 0 Å². The standard InChI is InChI=1S/C28H24N2O5/c1-34-27(32)16-7-9-24-20(11-16)22(13-29-24)26(19-6-4-3-5-18(19)15-31)23-14-30-25-10-8-17(12-21(23)25)28(33)35-2/h3-14,26,29-31H,15H2,1-2H3. The van der Waals surface area contributed by atoms with Crippen LogP contribution in [0, 0.1) is 0 Å². The van der Waals surface area contributed by atoms with Crippen molar-refractivity contribution in [3.63, 3.8) is 0 Å². The van der Waals surface area contributed by atoms with Gasteiger partial charge in [-0.1, -0.05) is 24.3 Å². The van der Waals surface area contributed by atoms with Gasteiger partial charge in [-0.15, -0.1) is 0 Å². The molecule has 0 amide bonds. The molecule has 2 heterocycles. The number of fused-ring (bicyclic) bond motifs is 2. The first-order valence-electron chi connectivity index (χ1n) is 11.1. The highest BCUT2D eigenvalue weighted by Crippen LogP contribution is 2.41. The van der Waals surface area contributed by atoms with Gasteiger partial charge in [0.15, 0.2) is 0 Å². The van der Waals surface area contributed by atoms with Gasteiger partial charge in [0.1, 0.15) is 0 Å². The average molecular weight is 469 g/mol. The molecule has 5 rings (SSSR count). The van der Waals surface area contributed by atoms with Gasteiger partial charge in [-0.3, -0.25) is 0 Å². The number of esters is 2. The maximum absolute atomic E-state index is 12.2. The molecule has 0 atom stereocenters. The van der Waals surface area contributed by atoms with Crippen molar-refractivity contribution in [3.05, 3.63) is 106 Å². The molecule has 35 heavy (non-hydrogen) atoms. The third-order valence-corrected chi connectivity index (χ3v) is 6.43. The van der Waals surface area contributed by atoms with Gasteiger partial charge in [-0.25, -0.2) is 9.59 Å². The number of aromatic nitrogens is 2. The number of hydrogen-bond donors (Lipinski definition) is 3. The number of carbonyl (C=O) groups is 2. The second-order valence-electron chi connectivity index (χ2n) is 8.28. The average Bonchev–Trinajstić information content (AvgIpc) is 3.52. The number of ether oxygens (including phenoxy) is 2. The molecule has 0 fully saturated rings. The molecule has 0 aliphatic rings.